The molecule has 0 aromatic heterocycles. The van der Waals surface area contributed by atoms with E-state index in [9.17, 15) is 9.00 Å². The standard InChI is InChI=1S/C14H21N3O3S/c1-17-7-10(13(8-17)14(18)16-19)9-21(20)12-4-2-3-11(15)5-6-12/h3-6,10,13,19H,2,7-9,15H2,1H3,(H,16,18)/t10?,13-,21?/m0/s1. The number of likely N-dealkylation sites (tertiary alicyclic amines) is 1. The van der Waals surface area contributed by atoms with Crippen LogP contribution in [0.5, 0.6) is 0 Å². The first-order chi connectivity index (χ1) is 10.0. The molecule has 1 aliphatic heterocycles. The molecule has 0 aromatic carbocycles. The van der Waals surface area contributed by atoms with Gasteiger partial charge in [-0.25, -0.2) is 5.48 Å². The number of carbonyl (C=O) groups is 1. The SMILES string of the molecule is CN1CC(CS(=O)C2=CCC=C(N)C=C2)[C@@H](C(=O)NO)C1. The van der Waals surface area contributed by atoms with Gasteiger partial charge in [0.25, 0.3) is 0 Å². The summed E-state index contributed by atoms with van der Waals surface area (Å²) < 4.78 is 12.5. The quantitative estimate of drug-likeness (QED) is 0.506. The predicted molar refractivity (Wildman–Crippen MR) is 81.5 cm³/mol. The maximum atomic E-state index is 12.5. The van der Waals surface area contributed by atoms with Crippen molar-refractivity contribution in [2.75, 3.05) is 25.9 Å². The normalized spacial score (nSPS) is 27.7. The van der Waals surface area contributed by atoms with Crippen LogP contribution in [0.2, 0.25) is 0 Å². The van der Waals surface area contributed by atoms with E-state index in [1.54, 1.807) is 17.6 Å². The summed E-state index contributed by atoms with van der Waals surface area (Å²) in [5.74, 6) is -0.371. The largest absolute Gasteiger partial charge is 0.399 e. The van der Waals surface area contributed by atoms with E-state index >= 15 is 0 Å². The van der Waals surface area contributed by atoms with Gasteiger partial charge in [-0.15, -0.1) is 0 Å². The third kappa shape index (κ3) is 4.03. The van der Waals surface area contributed by atoms with Crippen LogP contribution in [0.1, 0.15) is 6.42 Å². The van der Waals surface area contributed by atoms with Crippen molar-refractivity contribution in [3.05, 3.63) is 34.9 Å². The minimum Gasteiger partial charge on any atom is -0.399 e. The summed E-state index contributed by atoms with van der Waals surface area (Å²) in [5.41, 5.74) is 8.08. The molecule has 2 unspecified atom stereocenters. The number of nitrogens with one attached hydrogen (secondary N) is 1. The van der Waals surface area contributed by atoms with E-state index < -0.39 is 16.7 Å². The molecule has 0 saturated carbocycles. The maximum Gasteiger partial charge on any atom is 0.248 e. The van der Waals surface area contributed by atoms with Crippen LogP contribution in [0.3, 0.4) is 0 Å². The van der Waals surface area contributed by atoms with Gasteiger partial charge in [-0.2, -0.15) is 0 Å². The van der Waals surface area contributed by atoms with Gasteiger partial charge in [0.2, 0.25) is 5.91 Å². The first-order valence-corrected chi connectivity index (χ1v) is 8.18. The smallest absolute Gasteiger partial charge is 0.248 e. The lowest BCUT2D eigenvalue weighted by molar-refractivity contribution is -0.133. The zero-order valence-electron chi connectivity index (χ0n) is 12.0. The molecule has 0 spiro atoms. The molecule has 4 N–H and O–H groups in total. The number of hydrogen-bond acceptors (Lipinski definition) is 5. The Labute approximate surface area is 126 Å². The number of nitrogens with two attached hydrogens (primary N) is 1. The van der Waals surface area contributed by atoms with Gasteiger partial charge < -0.3 is 10.6 Å². The fourth-order valence-electron chi connectivity index (χ4n) is 2.72. The van der Waals surface area contributed by atoms with Gasteiger partial charge in [0.1, 0.15) is 0 Å². The topological polar surface area (TPSA) is 95.7 Å². The number of hydroxylamine groups is 1. The minimum atomic E-state index is -1.18. The van der Waals surface area contributed by atoms with Gasteiger partial charge in [0.05, 0.1) is 16.7 Å². The van der Waals surface area contributed by atoms with E-state index in [2.05, 4.69) is 0 Å². The molecule has 0 aromatic rings. The van der Waals surface area contributed by atoms with Crippen molar-refractivity contribution in [2.45, 2.75) is 6.42 Å². The maximum absolute atomic E-state index is 12.5. The predicted octanol–water partition coefficient (Wildman–Crippen LogP) is 0.105. The average Bonchev–Trinajstić information content (AvgIpc) is 2.67. The Bertz CT molecular complexity index is 528. The van der Waals surface area contributed by atoms with Crippen LogP contribution in [0.4, 0.5) is 0 Å². The van der Waals surface area contributed by atoms with Gasteiger partial charge >= 0.3 is 0 Å². The first-order valence-electron chi connectivity index (χ1n) is 6.86. The van der Waals surface area contributed by atoms with Crippen LogP contribution in [0.15, 0.2) is 34.9 Å². The van der Waals surface area contributed by atoms with Crippen molar-refractivity contribution in [1.29, 1.82) is 0 Å². The van der Waals surface area contributed by atoms with Crippen molar-refractivity contribution in [3.8, 4) is 0 Å². The van der Waals surface area contributed by atoms with E-state index in [0.29, 0.717) is 31.0 Å². The number of hydrogen-bond donors (Lipinski definition) is 3. The van der Waals surface area contributed by atoms with Crippen molar-refractivity contribution < 1.29 is 14.2 Å². The summed E-state index contributed by atoms with van der Waals surface area (Å²) in [6.45, 7) is 1.26. The Morgan fingerprint density at radius 1 is 1.48 bits per heavy atom. The molecule has 7 heteroatoms. The molecule has 0 bridgehead atoms. The summed E-state index contributed by atoms with van der Waals surface area (Å²) >= 11 is 0. The Morgan fingerprint density at radius 2 is 2.24 bits per heavy atom. The molecule has 21 heavy (non-hydrogen) atoms. The highest BCUT2D eigenvalue weighted by atomic mass is 32.2. The number of rotatable bonds is 4. The molecule has 0 radical (unpaired) electrons. The van der Waals surface area contributed by atoms with Crippen LogP contribution < -0.4 is 11.2 Å². The Kier molecular flexibility index (Phi) is 5.33. The van der Waals surface area contributed by atoms with Gasteiger partial charge in [0.15, 0.2) is 0 Å². The highest BCUT2D eigenvalue weighted by Gasteiger charge is 2.37. The Morgan fingerprint density at radius 3 is 2.95 bits per heavy atom. The highest BCUT2D eigenvalue weighted by Crippen LogP contribution is 2.25. The summed E-state index contributed by atoms with van der Waals surface area (Å²) in [7, 11) is 0.733. The highest BCUT2D eigenvalue weighted by molar-refractivity contribution is 7.89. The molecule has 6 nitrogen and oxygen atoms in total. The van der Waals surface area contributed by atoms with Gasteiger partial charge in [-0.3, -0.25) is 14.2 Å². The van der Waals surface area contributed by atoms with Crippen LogP contribution in [0, 0.1) is 11.8 Å². The number of carbonyl (C=O) groups excluding carboxylic acids is 1. The summed E-state index contributed by atoms with van der Waals surface area (Å²) in [6.07, 6.45) is 7.94. The lowest BCUT2D eigenvalue weighted by Crippen LogP contribution is -2.34. The molecule has 1 amide bonds. The molecule has 1 heterocycles. The van der Waals surface area contributed by atoms with Crippen LogP contribution in [0.25, 0.3) is 0 Å². The van der Waals surface area contributed by atoms with Crippen LogP contribution in [-0.2, 0) is 15.6 Å². The summed E-state index contributed by atoms with van der Waals surface area (Å²) in [6, 6.07) is 0. The van der Waals surface area contributed by atoms with E-state index in [1.807, 2.05) is 24.1 Å². The second-order valence-corrected chi connectivity index (χ2v) is 6.95. The minimum absolute atomic E-state index is 0.0363. The molecule has 2 rings (SSSR count). The zero-order valence-corrected chi connectivity index (χ0v) is 12.8. The fraction of sp³-hybridized carbons (Fsp3) is 0.500. The van der Waals surface area contributed by atoms with E-state index in [-0.39, 0.29) is 11.8 Å². The van der Waals surface area contributed by atoms with E-state index in [1.165, 1.54) is 0 Å². The first kappa shape index (κ1) is 15.9. The zero-order chi connectivity index (χ0) is 15.4. The Balaban J connectivity index is 2.03. The second-order valence-electron chi connectivity index (χ2n) is 5.46. The van der Waals surface area contributed by atoms with Gasteiger partial charge in [0, 0.05) is 29.4 Å². The lowest BCUT2D eigenvalue weighted by Gasteiger charge is -2.16. The average molecular weight is 311 g/mol. The number of nitrogens with zero attached hydrogens (tertiary/aromatic N) is 1. The van der Waals surface area contributed by atoms with Crippen molar-refractivity contribution in [2.24, 2.45) is 17.6 Å². The lowest BCUT2D eigenvalue weighted by atomic mass is 9.97. The van der Waals surface area contributed by atoms with Crippen molar-refractivity contribution in [1.82, 2.24) is 10.4 Å². The van der Waals surface area contributed by atoms with Gasteiger partial charge in [-0.1, -0.05) is 12.2 Å². The van der Waals surface area contributed by atoms with Crippen LogP contribution >= 0.6 is 0 Å². The molecular weight excluding hydrogens is 290 g/mol. The molecule has 1 aliphatic carbocycles. The summed E-state index contributed by atoms with van der Waals surface area (Å²) in [4.78, 5) is 14.4. The monoisotopic (exact) mass is 311 g/mol. The summed E-state index contributed by atoms with van der Waals surface area (Å²) in [5, 5.41) is 8.81. The second kappa shape index (κ2) is 7.02. The van der Waals surface area contributed by atoms with Crippen LogP contribution in [-0.4, -0.2) is 46.1 Å². The van der Waals surface area contributed by atoms with E-state index in [4.69, 9.17) is 10.9 Å². The molecule has 1 saturated heterocycles. The number of amides is 1. The number of allylic oxidation sites excluding steroid dienone is 4. The molecule has 2 aliphatic rings. The fourth-order valence-corrected chi connectivity index (χ4v) is 4.14. The molecule has 116 valence electrons. The van der Waals surface area contributed by atoms with Gasteiger partial charge in [-0.05, 0) is 31.5 Å². The van der Waals surface area contributed by atoms with Crippen molar-refractivity contribution in [3.63, 3.8) is 0 Å². The van der Waals surface area contributed by atoms with E-state index in [0.717, 1.165) is 4.91 Å². The third-order valence-electron chi connectivity index (χ3n) is 3.81. The third-order valence-corrected chi connectivity index (χ3v) is 5.37. The molecule has 3 atom stereocenters. The molecule has 1 fully saturated rings. The Hall–Kier alpha value is -1.44. The molecular formula is C14H21N3O3S. The van der Waals surface area contributed by atoms with Crippen molar-refractivity contribution >= 4 is 16.7 Å².